The number of ether oxygens (including phenoxy) is 6. The Kier molecular flexibility index (Phi) is 25.8. The largest absolute Gasteiger partial charge is 0.410 e. The normalized spacial score (nSPS) is 12.7. The van der Waals surface area contributed by atoms with Crippen LogP contribution in [0.1, 0.15) is 125 Å². The van der Waals surface area contributed by atoms with E-state index in [2.05, 4.69) is 52.7 Å². The Hall–Kier alpha value is 0.148. The van der Waals surface area contributed by atoms with E-state index in [-0.39, 0.29) is 42.0 Å². The van der Waals surface area contributed by atoms with Gasteiger partial charge in [-0.05, 0) is 83.1 Å². The molecule has 0 unspecified atom stereocenters. The summed E-state index contributed by atoms with van der Waals surface area (Å²) < 4.78 is 34.1. The van der Waals surface area contributed by atoms with E-state index in [1.807, 2.05) is 19.2 Å². The summed E-state index contributed by atoms with van der Waals surface area (Å²) in [5, 5.41) is 19.7. The van der Waals surface area contributed by atoms with E-state index in [1.54, 1.807) is 83.1 Å². The summed E-state index contributed by atoms with van der Waals surface area (Å²) in [6.45, 7) is 38.1. The van der Waals surface area contributed by atoms with Crippen molar-refractivity contribution in [3.8, 4) is 4.20 Å². The summed E-state index contributed by atoms with van der Waals surface area (Å²) in [6.07, 6.45) is -4.88. The first-order valence-electron chi connectivity index (χ1n) is 13.8. The van der Waals surface area contributed by atoms with Gasteiger partial charge in [0, 0.05) is 0 Å². The fourth-order valence-electron chi connectivity index (χ4n) is 1.95. The monoisotopic (exact) mass is 650 g/mol. The molecular formula is C30H64MoO8. The maximum Gasteiger partial charge on any atom is 0.410 e. The Morgan fingerprint density at radius 3 is 0.641 bits per heavy atom. The van der Waals surface area contributed by atoms with E-state index >= 15 is 0 Å². The molecule has 0 spiro atoms. The standard InChI is InChI=1S/2C10H22O4.C5H11.C5H9.Mo/c2*1-7(2)12-10(11,13-8(3)4)14-9(5)6;2*1-5(2,3)4;/h2*7-9,11H,1-6H3;1H2,2-4H3;1-3H3;/q;;-1;;+1. The molecule has 0 radical (unpaired) electrons. The minimum Gasteiger partial charge on any atom is -0.338 e. The van der Waals surface area contributed by atoms with Gasteiger partial charge >= 0.3 is 61.9 Å². The van der Waals surface area contributed by atoms with Gasteiger partial charge in [-0.25, -0.2) is 0 Å². The summed E-state index contributed by atoms with van der Waals surface area (Å²) in [6, 6.07) is 0. The first-order chi connectivity index (χ1) is 17.1. The van der Waals surface area contributed by atoms with E-state index in [0.717, 1.165) is 0 Å². The van der Waals surface area contributed by atoms with Crippen molar-refractivity contribution in [3.05, 3.63) is 6.92 Å². The first-order valence-corrected chi connectivity index (χ1v) is 14.8. The third kappa shape index (κ3) is 45.4. The minimum absolute atomic E-state index is 0.169. The van der Waals surface area contributed by atoms with Crippen LogP contribution < -0.4 is 0 Å². The quantitative estimate of drug-likeness (QED) is 0.131. The van der Waals surface area contributed by atoms with Crippen LogP contribution in [0.25, 0.3) is 0 Å². The molecule has 0 aromatic heterocycles. The number of hydrogen-bond acceptors (Lipinski definition) is 8. The summed E-state index contributed by atoms with van der Waals surface area (Å²) in [4.78, 5) is 0. The molecule has 2 N–H and O–H groups in total. The molecule has 0 aromatic rings. The zero-order valence-electron chi connectivity index (χ0n) is 28.4. The van der Waals surface area contributed by atoms with Gasteiger partial charge in [-0.15, -0.1) is 0 Å². The summed E-state index contributed by atoms with van der Waals surface area (Å²) in [5.74, 6) is 0. The van der Waals surface area contributed by atoms with Crippen LogP contribution in [0.3, 0.4) is 0 Å². The third-order valence-corrected chi connectivity index (χ3v) is 4.12. The second-order valence-electron chi connectivity index (χ2n) is 13.0. The van der Waals surface area contributed by atoms with E-state index in [9.17, 15) is 10.2 Å². The zero-order chi connectivity index (χ0) is 32.4. The van der Waals surface area contributed by atoms with Crippen molar-refractivity contribution in [1.82, 2.24) is 0 Å². The molecule has 0 fully saturated rings. The van der Waals surface area contributed by atoms with Gasteiger partial charge in [-0.2, -0.15) is 5.41 Å². The second kappa shape index (κ2) is 21.8. The van der Waals surface area contributed by atoms with Crippen LogP contribution in [-0.2, 0) is 47.6 Å². The Balaban J connectivity index is -0.000000229. The first kappa shape index (κ1) is 46.1. The third-order valence-electron chi connectivity index (χ3n) is 2.61. The molecule has 0 aliphatic heterocycles. The van der Waals surface area contributed by atoms with Crippen LogP contribution in [0.4, 0.5) is 0 Å². The minimum atomic E-state index is -1.93. The summed E-state index contributed by atoms with van der Waals surface area (Å²) in [7, 11) is 0. The van der Waals surface area contributed by atoms with Gasteiger partial charge in [0.2, 0.25) is 0 Å². The molecule has 0 saturated heterocycles. The van der Waals surface area contributed by atoms with E-state index in [4.69, 9.17) is 28.4 Å². The Morgan fingerprint density at radius 1 is 0.487 bits per heavy atom. The van der Waals surface area contributed by atoms with Crippen LogP contribution in [-0.4, -0.2) is 59.2 Å². The van der Waals surface area contributed by atoms with Crippen molar-refractivity contribution in [2.24, 2.45) is 10.8 Å². The predicted molar refractivity (Wildman–Crippen MR) is 155 cm³/mol. The van der Waals surface area contributed by atoms with Crippen LogP contribution in [0, 0.1) is 22.0 Å². The Labute approximate surface area is 252 Å². The average molecular weight is 649 g/mol. The molecule has 0 aliphatic rings. The van der Waals surface area contributed by atoms with Crippen molar-refractivity contribution in [2.75, 3.05) is 0 Å². The maximum absolute atomic E-state index is 9.86. The maximum atomic E-state index is 9.86. The molecule has 0 aromatic carbocycles. The van der Waals surface area contributed by atoms with Gasteiger partial charge in [0.25, 0.3) is 0 Å². The zero-order valence-corrected chi connectivity index (χ0v) is 30.4. The predicted octanol–water partition coefficient (Wildman–Crippen LogP) is 7.14. The summed E-state index contributed by atoms with van der Waals surface area (Å²) >= 11 is 1.90. The van der Waals surface area contributed by atoms with E-state index in [0.29, 0.717) is 5.41 Å². The number of aliphatic hydroxyl groups is 2. The molecule has 238 valence electrons. The topological polar surface area (TPSA) is 95.8 Å². The van der Waals surface area contributed by atoms with Crippen LogP contribution in [0.2, 0.25) is 0 Å². The molecule has 0 rings (SSSR count). The Morgan fingerprint density at radius 2 is 0.590 bits per heavy atom. The van der Waals surface area contributed by atoms with Crippen molar-refractivity contribution >= 4 is 0 Å². The van der Waals surface area contributed by atoms with Gasteiger partial charge in [-0.1, -0.05) is 20.8 Å². The molecule has 8 nitrogen and oxygen atoms in total. The smallest absolute Gasteiger partial charge is 0.338 e. The molecule has 9 heteroatoms. The molecule has 0 amide bonds. The fraction of sp³-hybridized carbons (Fsp3) is 0.933. The van der Waals surface area contributed by atoms with Crippen molar-refractivity contribution in [1.29, 1.82) is 0 Å². The van der Waals surface area contributed by atoms with Crippen molar-refractivity contribution < 1.29 is 57.8 Å². The molecular weight excluding hydrogens is 584 g/mol. The van der Waals surface area contributed by atoms with Crippen LogP contribution in [0.15, 0.2) is 0 Å². The molecule has 0 bridgehead atoms. The Bertz CT molecular complexity index is 517. The van der Waals surface area contributed by atoms with Gasteiger partial charge < -0.3 is 45.6 Å². The van der Waals surface area contributed by atoms with Crippen molar-refractivity contribution in [3.63, 3.8) is 0 Å². The van der Waals surface area contributed by atoms with Gasteiger partial charge in [0.15, 0.2) is 0 Å². The second-order valence-corrected chi connectivity index (χ2v) is 13.5. The average Bonchev–Trinajstić information content (AvgIpc) is 2.55. The van der Waals surface area contributed by atoms with Gasteiger partial charge in [-0.3, -0.25) is 0 Å². The van der Waals surface area contributed by atoms with E-state index < -0.39 is 12.3 Å². The molecule has 0 heterocycles. The van der Waals surface area contributed by atoms with Gasteiger partial charge in [0.1, 0.15) is 0 Å². The molecule has 39 heavy (non-hydrogen) atoms. The number of hydrogen-bond donors (Lipinski definition) is 2. The fourth-order valence-corrected chi connectivity index (χ4v) is 1.95. The van der Waals surface area contributed by atoms with Crippen LogP contribution >= 0.6 is 0 Å². The van der Waals surface area contributed by atoms with E-state index in [1.165, 1.54) is 0 Å². The van der Waals surface area contributed by atoms with Crippen molar-refractivity contribution in [2.45, 2.75) is 174 Å². The molecule has 0 atom stereocenters. The number of rotatable bonds is 12. The van der Waals surface area contributed by atoms with Crippen LogP contribution in [0.5, 0.6) is 0 Å². The van der Waals surface area contributed by atoms with Gasteiger partial charge in [0.05, 0.1) is 36.6 Å². The molecule has 0 saturated carbocycles. The molecule has 0 aliphatic carbocycles. The SMILES string of the molecule is CC(C)(C)[C]#[Mo+].CC(C)OC(O)(OC(C)C)OC(C)C.CC(C)OC(O)(OC(C)C)OC(C)C.[CH2-]C(C)(C)C. The summed E-state index contributed by atoms with van der Waals surface area (Å²) in [5.41, 5.74) is 0.546.